The number of pyridine rings is 1. The Kier molecular flexibility index (Phi) is 5.85. The molecule has 40 heavy (non-hydrogen) atoms. The Morgan fingerprint density at radius 1 is 1.00 bits per heavy atom. The lowest BCUT2D eigenvalue weighted by Gasteiger charge is -2.57. The van der Waals surface area contributed by atoms with E-state index in [0.717, 1.165) is 18.8 Å². The van der Waals surface area contributed by atoms with Gasteiger partial charge in [-0.05, 0) is 55.9 Å². The summed E-state index contributed by atoms with van der Waals surface area (Å²) in [7, 11) is 2.19. The summed E-state index contributed by atoms with van der Waals surface area (Å²) < 4.78 is 3.24. The molecule has 200 valence electrons. The van der Waals surface area contributed by atoms with Crippen LogP contribution >= 0.6 is 0 Å². The second-order valence-corrected chi connectivity index (χ2v) is 10.2. The third kappa shape index (κ3) is 4.11. The van der Waals surface area contributed by atoms with Gasteiger partial charge in [0.15, 0.2) is 17.3 Å². The van der Waals surface area contributed by atoms with Gasteiger partial charge in [0.25, 0.3) is 5.56 Å². The average molecular weight is 533 g/mol. The molecule has 4 aromatic heterocycles. The van der Waals surface area contributed by atoms with Crippen LogP contribution in [0.2, 0.25) is 0 Å². The van der Waals surface area contributed by atoms with Gasteiger partial charge in [-0.1, -0.05) is 12.1 Å². The fraction of sp³-hybridized carbons (Fsp3) is 0.241. The van der Waals surface area contributed by atoms with Gasteiger partial charge >= 0.3 is 0 Å². The van der Waals surface area contributed by atoms with Gasteiger partial charge in [0.2, 0.25) is 5.95 Å². The quantitative estimate of drug-likeness (QED) is 0.316. The van der Waals surface area contributed by atoms with Crippen molar-refractivity contribution in [2.24, 2.45) is 0 Å². The van der Waals surface area contributed by atoms with Gasteiger partial charge in [0.05, 0.1) is 6.54 Å². The van der Waals surface area contributed by atoms with Gasteiger partial charge < -0.3 is 15.1 Å². The van der Waals surface area contributed by atoms with Crippen LogP contribution < -0.4 is 15.8 Å². The lowest BCUT2D eigenvalue weighted by Crippen LogP contribution is -2.68. The number of rotatable bonds is 7. The van der Waals surface area contributed by atoms with Crippen LogP contribution in [-0.4, -0.2) is 71.4 Å². The van der Waals surface area contributed by atoms with E-state index in [1.54, 1.807) is 40.1 Å². The van der Waals surface area contributed by atoms with E-state index >= 15 is 0 Å². The van der Waals surface area contributed by atoms with Gasteiger partial charge in [0, 0.05) is 55.1 Å². The highest BCUT2D eigenvalue weighted by Gasteiger charge is 2.43. The standard InChI is InChI=1S/C29H28N10O/c1-3-14-37-28(40)23-16-32-29(33-19-8-10-20(11-9-19)38-21-15-22(38)18-36(2)17-21)35-27(23)39(37)25-7-4-6-24(34-25)26-30-12-5-13-31-26/h3-13,16,21-22H,1,14-15,17-18H2,2H3,(H,32,33,35). The SMILES string of the molecule is C=CCn1c(=O)c2cnc(Nc3ccc(N4C5CC4CN(C)C5)cc3)nc2n1-c1cccc(-c2ncccn2)n1. The molecule has 5 aromatic rings. The maximum absolute atomic E-state index is 13.3. The summed E-state index contributed by atoms with van der Waals surface area (Å²) in [4.78, 5) is 40.8. The number of likely N-dealkylation sites (tertiary alicyclic amines) is 1. The number of piperazine rings is 1. The molecule has 2 saturated heterocycles. The first kappa shape index (κ1) is 24.2. The van der Waals surface area contributed by atoms with Gasteiger partial charge in [-0.15, -0.1) is 6.58 Å². The van der Waals surface area contributed by atoms with E-state index in [1.165, 1.54) is 12.1 Å². The van der Waals surface area contributed by atoms with Crippen molar-refractivity contribution in [1.82, 2.24) is 39.2 Å². The summed E-state index contributed by atoms with van der Waals surface area (Å²) in [6.07, 6.45) is 7.82. The molecule has 2 aliphatic heterocycles. The first-order valence-electron chi connectivity index (χ1n) is 13.3. The molecule has 6 heterocycles. The van der Waals surface area contributed by atoms with E-state index in [9.17, 15) is 4.79 Å². The summed E-state index contributed by atoms with van der Waals surface area (Å²) in [6.45, 7) is 6.31. The minimum absolute atomic E-state index is 0.222. The summed E-state index contributed by atoms with van der Waals surface area (Å²) in [6, 6.07) is 16.8. The number of fused-ring (bicyclic) bond motifs is 3. The van der Waals surface area contributed by atoms with Crippen molar-refractivity contribution in [2.75, 3.05) is 30.4 Å². The van der Waals surface area contributed by atoms with Crippen LogP contribution in [0.5, 0.6) is 0 Å². The van der Waals surface area contributed by atoms with Crippen LogP contribution in [0.3, 0.4) is 0 Å². The van der Waals surface area contributed by atoms with Gasteiger partial charge in [-0.25, -0.2) is 29.3 Å². The summed E-state index contributed by atoms with van der Waals surface area (Å²) in [5, 5.41) is 3.69. The molecule has 2 unspecified atom stereocenters. The Hall–Kier alpha value is -4.90. The van der Waals surface area contributed by atoms with Gasteiger partial charge in [0.1, 0.15) is 11.1 Å². The molecule has 2 bridgehead atoms. The van der Waals surface area contributed by atoms with E-state index in [1.807, 2.05) is 30.3 Å². The van der Waals surface area contributed by atoms with Crippen molar-refractivity contribution in [3.8, 4) is 17.3 Å². The predicted molar refractivity (Wildman–Crippen MR) is 154 cm³/mol. The second-order valence-electron chi connectivity index (χ2n) is 10.2. The van der Waals surface area contributed by atoms with E-state index in [2.05, 4.69) is 55.8 Å². The first-order valence-corrected chi connectivity index (χ1v) is 13.3. The number of likely N-dealkylation sites (N-methyl/N-ethyl adjacent to an activating group) is 1. The Labute approximate surface area is 230 Å². The zero-order chi connectivity index (χ0) is 27.2. The van der Waals surface area contributed by atoms with Crippen molar-refractivity contribution in [1.29, 1.82) is 0 Å². The minimum Gasteiger partial charge on any atom is -0.363 e. The number of anilines is 3. The Balaban J connectivity index is 1.23. The molecule has 1 N–H and O–H groups in total. The van der Waals surface area contributed by atoms with Crippen LogP contribution in [0.1, 0.15) is 6.42 Å². The molecule has 0 spiro atoms. The fourth-order valence-corrected chi connectivity index (χ4v) is 5.79. The number of benzene rings is 1. The number of piperidine rings is 1. The van der Waals surface area contributed by atoms with Crippen LogP contribution in [0.25, 0.3) is 28.4 Å². The molecule has 0 saturated carbocycles. The summed E-state index contributed by atoms with van der Waals surface area (Å²) in [5.74, 6) is 1.39. The molecule has 11 nitrogen and oxygen atoms in total. The maximum atomic E-state index is 13.3. The smallest absolute Gasteiger partial charge is 0.278 e. The number of hydrogen-bond donors (Lipinski definition) is 1. The molecule has 0 amide bonds. The zero-order valence-electron chi connectivity index (χ0n) is 22.1. The van der Waals surface area contributed by atoms with Crippen molar-refractivity contribution >= 4 is 28.4 Å². The van der Waals surface area contributed by atoms with Crippen LogP contribution in [0.15, 0.2) is 84.6 Å². The van der Waals surface area contributed by atoms with E-state index in [0.29, 0.717) is 46.4 Å². The third-order valence-corrected chi connectivity index (χ3v) is 7.52. The number of allylic oxidation sites excluding steroid dienone is 1. The minimum atomic E-state index is -0.222. The highest BCUT2D eigenvalue weighted by Crippen LogP contribution is 2.37. The Bertz CT molecular complexity index is 1750. The largest absolute Gasteiger partial charge is 0.363 e. The summed E-state index contributed by atoms with van der Waals surface area (Å²) >= 11 is 0. The predicted octanol–water partition coefficient (Wildman–Crippen LogP) is 3.26. The molecule has 0 radical (unpaired) electrons. The second kappa shape index (κ2) is 9.69. The van der Waals surface area contributed by atoms with Crippen LogP contribution in [-0.2, 0) is 6.54 Å². The van der Waals surface area contributed by atoms with Crippen LogP contribution in [0.4, 0.5) is 17.3 Å². The first-order chi connectivity index (χ1) is 19.6. The monoisotopic (exact) mass is 532 g/mol. The van der Waals surface area contributed by atoms with E-state index < -0.39 is 0 Å². The molecule has 1 aromatic carbocycles. The molecule has 7 rings (SSSR count). The fourth-order valence-electron chi connectivity index (χ4n) is 5.79. The van der Waals surface area contributed by atoms with E-state index in [4.69, 9.17) is 9.97 Å². The number of aromatic nitrogens is 7. The highest BCUT2D eigenvalue weighted by atomic mass is 16.1. The normalized spacial score (nSPS) is 18.5. The average Bonchev–Trinajstić information content (AvgIpc) is 3.25. The molecular formula is C29H28N10O. The molecular weight excluding hydrogens is 504 g/mol. The van der Waals surface area contributed by atoms with Gasteiger partial charge in [-0.2, -0.15) is 4.98 Å². The molecule has 2 atom stereocenters. The molecule has 11 heteroatoms. The van der Waals surface area contributed by atoms with Crippen molar-refractivity contribution in [3.05, 3.63) is 90.1 Å². The Morgan fingerprint density at radius 2 is 1.77 bits per heavy atom. The number of hydrogen-bond acceptors (Lipinski definition) is 9. The third-order valence-electron chi connectivity index (χ3n) is 7.52. The molecule has 2 aliphatic rings. The van der Waals surface area contributed by atoms with Crippen molar-refractivity contribution in [3.63, 3.8) is 0 Å². The lowest BCUT2D eigenvalue weighted by molar-refractivity contribution is 0.140. The molecule has 2 fully saturated rings. The van der Waals surface area contributed by atoms with Crippen molar-refractivity contribution < 1.29 is 0 Å². The highest BCUT2D eigenvalue weighted by molar-refractivity contribution is 5.77. The molecule has 0 aliphatic carbocycles. The van der Waals surface area contributed by atoms with Gasteiger partial charge in [-0.3, -0.25) is 4.79 Å². The van der Waals surface area contributed by atoms with E-state index in [-0.39, 0.29) is 12.1 Å². The number of nitrogens with one attached hydrogen (secondary N) is 1. The zero-order valence-corrected chi connectivity index (χ0v) is 22.1. The summed E-state index contributed by atoms with van der Waals surface area (Å²) in [5.41, 5.74) is 2.91. The van der Waals surface area contributed by atoms with Crippen LogP contribution in [0, 0.1) is 0 Å². The maximum Gasteiger partial charge on any atom is 0.278 e. The number of nitrogens with zero attached hydrogens (tertiary/aromatic N) is 9. The lowest BCUT2D eigenvalue weighted by atomic mass is 9.87. The Morgan fingerprint density at radius 3 is 2.52 bits per heavy atom. The van der Waals surface area contributed by atoms with Crippen molar-refractivity contribution in [2.45, 2.75) is 25.0 Å². The topological polar surface area (TPSA) is 110 Å².